The van der Waals surface area contributed by atoms with Crippen LogP contribution in [0.1, 0.15) is 0 Å². The molecule has 0 amide bonds. The van der Waals surface area contributed by atoms with Gasteiger partial charge in [-0.1, -0.05) is 11.6 Å². The van der Waals surface area contributed by atoms with E-state index in [0.717, 1.165) is 5.56 Å². The molecule has 0 fully saturated rings. The number of halogens is 1. The third-order valence-electron chi connectivity index (χ3n) is 1.72. The Labute approximate surface area is 85.8 Å². The van der Waals surface area contributed by atoms with Crippen LogP contribution in [-0.2, 0) is 0 Å². The molecule has 70 valence electrons. The van der Waals surface area contributed by atoms with Gasteiger partial charge in [0.25, 0.3) is 0 Å². The van der Waals surface area contributed by atoms with Gasteiger partial charge in [-0.2, -0.15) is 10.2 Å². The molecule has 0 aliphatic heterocycles. The second-order valence-corrected chi connectivity index (χ2v) is 3.11. The van der Waals surface area contributed by atoms with Crippen LogP contribution >= 0.6 is 11.6 Å². The molecule has 2 heterocycles. The van der Waals surface area contributed by atoms with E-state index in [1.807, 2.05) is 6.07 Å². The summed E-state index contributed by atoms with van der Waals surface area (Å²) in [6, 6.07) is 5.19. The average Bonchev–Trinajstić information content (AvgIpc) is 2.19. The number of aromatic nitrogens is 3. The van der Waals surface area contributed by atoms with Gasteiger partial charge >= 0.3 is 0 Å². The number of hydrogen-bond donors (Lipinski definition) is 1. The lowest BCUT2D eigenvalue weighted by molar-refractivity contribution is 1.04. The third kappa shape index (κ3) is 1.65. The summed E-state index contributed by atoms with van der Waals surface area (Å²) < 4.78 is 0. The number of nitrogens with zero attached hydrogens (tertiary/aromatic N) is 3. The van der Waals surface area contributed by atoms with Gasteiger partial charge in [0.05, 0.1) is 10.7 Å². The summed E-state index contributed by atoms with van der Waals surface area (Å²) in [6.07, 6.45) is 3.18. The van der Waals surface area contributed by atoms with E-state index in [4.69, 9.17) is 17.3 Å². The molecule has 0 atom stereocenters. The molecule has 5 heteroatoms. The number of hydrogen-bond acceptors (Lipinski definition) is 4. The van der Waals surface area contributed by atoms with Crippen LogP contribution in [0.3, 0.4) is 0 Å². The molecule has 2 rings (SSSR count). The summed E-state index contributed by atoms with van der Waals surface area (Å²) >= 11 is 5.98. The van der Waals surface area contributed by atoms with E-state index in [0.29, 0.717) is 16.5 Å². The summed E-state index contributed by atoms with van der Waals surface area (Å²) in [5.74, 6) is 0.391. The van der Waals surface area contributed by atoms with Crippen molar-refractivity contribution in [3.63, 3.8) is 0 Å². The van der Waals surface area contributed by atoms with Crippen molar-refractivity contribution in [2.75, 3.05) is 5.73 Å². The summed E-state index contributed by atoms with van der Waals surface area (Å²) in [7, 11) is 0. The Morgan fingerprint density at radius 1 is 1.36 bits per heavy atom. The standard InChI is InChI=1S/C9H7ClN4/c10-7-4-9(11)12-5-6(7)8-2-1-3-13-14-8/h1-5H,(H2,11,12). The van der Waals surface area contributed by atoms with Gasteiger partial charge in [-0.15, -0.1) is 0 Å². The molecule has 0 saturated heterocycles. The van der Waals surface area contributed by atoms with E-state index < -0.39 is 0 Å². The maximum absolute atomic E-state index is 5.98. The Morgan fingerprint density at radius 3 is 2.86 bits per heavy atom. The van der Waals surface area contributed by atoms with Crippen molar-refractivity contribution in [1.82, 2.24) is 15.2 Å². The van der Waals surface area contributed by atoms with Crippen LogP contribution in [0, 0.1) is 0 Å². The highest BCUT2D eigenvalue weighted by Gasteiger charge is 2.05. The summed E-state index contributed by atoms with van der Waals surface area (Å²) in [4.78, 5) is 3.94. The molecular formula is C9H7ClN4. The lowest BCUT2D eigenvalue weighted by Crippen LogP contribution is -1.92. The van der Waals surface area contributed by atoms with E-state index in [2.05, 4.69) is 15.2 Å². The number of nitrogens with two attached hydrogens (primary N) is 1. The van der Waals surface area contributed by atoms with Crippen LogP contribution in [0.15, 0.2) is 30.6 Å². The molecule has 0 spiro atoms. The van der Waals surface area contributed by atoms with Crippen LogP contribution in [0.25, 0.3) is 11.3 Å². The first-order valence-electron chi connectivity index (χ1n) is 3.96. The van der Waals surface area contributed by atoms with Gasteiger partial charge in [0.1, 0.15) is 5.82 Å². The Balaban J connectivity index is 2.53. The monoisotopic (exact) mass is 206 g/mol. The molecule has 2 aromatic heterocycles. The minimum atomic E-state index is 0.391. The van der Waals surface area contributed by atoms with E-state index in [-0.39, 0.29) is 0 Å². The number of pyridine rings is 1. The third-order valence-corrected chi connectivity index (χ3v) is 2.04. The van der Waals surface area contributed by atoms with Crippen molar-refractivity contribution in [1.29, 1.82) is 0 Å². The highest BCUT2D eigenvalue weighted by atomic mass is 35.5. The molecule has 2 N–H and O–H groups in total. The minimum absolute atomic E-state index is 0.391. The molecule has 0 unspecified atom stereocenters. The largest absolute Gasteiger partial charge is 0.384 e. The summed E-state index contributed by atoms with van der Waals surface area (Å²) in [5.41, 5.74) is 6.89. The molecular weight excluding hydrogens is 200 g/mol. The van der Waals surface area contributed by atoms with Crippen molar-refractivity contribution >= 4 is 17.4 Å². The molecule has 0 aliphatic rings. The van der Waals surface area contributed by atoms with Crippen molar-refractivity contribution in [3.8, 4) is 11.3 Å². The molecule has 14 heavy (non-hydrogen) atoms. The highest BCUT2D eigenvalue weighted by Crippen LogP contribution is 2.25. The van der Waals surface area contributed by atoms with Crippen LogP contribution in [0.2, 0.25) is 5.02 Å². The Morgan fingerprint density at radius 2 is 2.21 bits per heavy atom. The molecule has 2 aromatic rings. The molecule has 0 saturated carbocycles. The van der Waals surface area contributed by atoms with Gasteiger partial charge in [-0.3, -0.25) is 0 Å². The average molecular weight is 207 g/mol. The Hall–Kier alpha value is -1.68. The topological polar surface area (TPSA) is 64.7 Å². The zero-order valence-corrected chi connectivity index (χ0v) is 7.94. The van der Waals surface area contributed by atoms with Crippen LogP contribution in [0.5, 0.6) is 0 Å². The van der Waals surface area contributed by atoms with Gasteiger partial charge in [0.2, 0.25) is 0 Å². The number of nitrogen functional groups attached to an aromatic ring is 1. The van der Waals surface area contributed by atoms with E-state index in [9.17, 15) is 0 Å². The lowest BCUT2D eigenvalue weighted by Gasteiger charge is -2.01. The maximum atomic E-state index is 5.98. The fourth-order valence-electron chi connectivity index (χ4n) is 1.08. The first kappa shape index (κ1) is 8.90. The number of anilines is 1. The van der Waals surface area contributed by atoms with Gasteiger partial charge in [-0.25, -0.2) is 4.98 Å². The number of rotatable bonds is 1. The predicted molar refractivity (Wildman–Crippen MR) is 54.7 cm³/mol. The highest BCUT2D eigenvalue weighted by molar-refractivity contribution is 6.33. The molecule has 0 radical (unpaired) electrons. The van der Waals surface area contributed by atoms with Crippen LogP contribution < -0.4 is 5.73 Å². The van der Waals surface area contributed by atoms with Gasteiger partial charge in [0, 0.05) is 18.0 Å². The van der Waals surface area contributed by atoms with Crippen molar-refractivity contribution < 1.29 is 0 Å². The van der Waals surface area contributed by atoms with Crippen molar-refractivity contribution in [2.24, 2.45) is 0 Å². The quantitative estimate of drug-likeness (QED) is 0.773. The lowest BCUT2D eigenvalue weighted by atomic mass is 10.2. The van der Waals surface area contributed by atoms with Crippen LogP contribution in [-0.4, -0.2) is 15.2 Å². The molecule has 4 nitrogen and oxygen atoms in total. The minimum Gasteiger partial charge on any atom is -0.384 e. The van der Waals surface area contributed by atoms with Gasteiger partial charge in [-0.05, 0) is 18.2 Å². The van der Waals surface area contributed by atoms with E-state index in [1.165, 1.54) is 0 Å². The predicted octanol–water partition coefficient (Wildman–Crippen LogP) is 1.77. The fourth-order valence-corrected chi connectivity index (χ4v) is 1.34. The molecule has 0 bridgehead atoms. The second kappa shape index (κ2) is 3.59. The smallest absolute Gasteiger partial charge is 0.124 e. The zero-order chi connectivity index (χ0) is 9.97. The summed E-state index contributed by atoms with van der Waals surface area (Å²) in [5, 5.41) is 8.21. The molecule has 0 aromatic carbocycles. The maximum Gasteiger partial charge on any atom is 0.124 e. The normalized spacial score (nSPS) is 10.1. The first-order valence-corrected chi connectivity index (χ1v) is 4.34. The van der Waals surface area contributed by atoms with Gasteiger partial charge in [0.15, 0.2) is 0 Å². The SMILES string of the molecule is Nc1cc(Cl)c(-c2cccnn2)cn1. The van der Waals surface area contributed by atoms with E-state index >= 15 is 0 Å². The fraction of sp³-hybridized carbons (Fsp3) is 0. The van der Waals surface area contributed by atoms with Crippen molar-refractivity contribution in [3.05, 3.63) is 35.6 Å². The molecule has 0 aliphatic carbocycles. The first-order chi connectivity index (χ1) is 6.77. The van der Waals surface area contributed by atoms with Crippen molar-refractivity contribution in [2.45, 2.75) is 0 Å². The second-order valence-electron chi connectivity index (χ2n) is 2.70. The van der Waals surface area contributed by atoms with E-state index in [1.54, 1.807) is 24.5 Å². The summed E-state index contributed by atoms with van der Waals surface area (Å²) in [6.45, 7) is 0. The van der Waals surface area contributed by atoms with Crippen LogP contribution in [0.4, 0.5) is 5.82 Å². The Bertz CT molecular complexity index is 444. The van der Waals surface area contributed by atoms with Gasteiger partial charge < -0.3 is 5.73 Å². The zero-order valence-electron chi connectivity index (χ0n) is 7.18. The Kier molecular flexibility index (Phi) is 2.28.